The smallest absolute Gasteiger partial charge is 0.128 e. The Bertz CT molecular complexity index is 613. The molecule has 0 radical (unpaired) electrons. The van der Waals surface area contributed by atoms with E-state index in [1.165, 1.54) is 6.07 Å². The van der Waals surface area contributed by atoms with E-state index in [4.69, 9.17) is 4.74 Å². The van der Waals surface area contributed by atoms with E-state index in [9.17, 15) is 8.78 Å². The predicted molar refractivity (Wildman–Crippen MR) is 79.5 cm³/mol. The van der Waals surface area contributed by atoms with E-state index in [-0.39, 0.29) is 11.7 Å². The zero-order valence-electron chi connectivity index (χ0n) is 12.4. The fourth-order valence-electron chi connectivity index (χ4n) is 2.28. The highest BCUT2D eigenvalue weighted by Crippen LogP contribution is 2.27. The van der Waals surface area contributed by atoms with Crippen molar-refractivity contribution in [3.05, 3.63) is 65.2 Å². The Hall–Kier alpha value is -1.94. The third-order valence-electron chi connectivity index (χ3n) is 3.12. The number of nitrogens with one attached hydrogen (secondary N) is 1. The second-order valence-corrected chi connectivity index (χ2v) is 5.13. The van der Waals surface area contributed by atoms with E-state index in [0.29, 0.717) is 5.75 Å². The van der Waals surface area contributed by atoms with Gasteiger partial charge in [0, 0.05) is 5.56 Å². The first-order chi connectivity index (χ1) is 10.0. The van der Waals surface area contributed by atoms with Crippen LogP contribution in [0.25, 0.3) is 0 Å². The van der Waals surface area contributed by atoms with Crippen LogP contribution in [0, 0.1) is 11.6 Å². The van der Waals surface area contributed by atoms with Crippen molar-refractivity contribution in [2.45, 2.75) is 26.0 Å². The van der Waals surface area contributed by atoms with E-state index in [0.717, 1.165) is 17.7 Å². The van der Waals surface area contributed by atoms with Crippen molar-refractivity contribution >= 4 is 0 Å². The molecule has 4 heteroatoms. The van der Waals surface area contributed by atoms with Crippen LogP contribution in [-0.4, -0.2) is 13.2 Å². The Morgan fingerprint density at radius 1 is 1.05 bits per heavy atom. The second-order valence-electron chi connectivity index (χ2n) is 5.13. The third-order valence-corrected chi connectivity index (χ3v) is 3.12. The molecule has 2 aromatic carbocycles. The quantitative estimate of drug-likeness (QED) is 0.897. The molecule has 0 aliphatic carbocycles. The van der Waals surface area contributed by atoms with Gasteiger partial charge in [0.1, 0.15) is 17.4 Å². The molecule has 0 saturated heterocycles. The molecule has 0 fully saturated rings. The molecule has 0 saturated carbocycles. The summed E-state index contributed by atoms with van der Waals surface area (Å²) < 4.78 is 33.0. The molecule has 2 rings (SSSR count). The van der Waals surface area contributed by atoms with E-state index in [1.807, 2.05) is 38.1 Å². The molecule has 21 heavy (non-hydrogen) atoms. The molecule has 0 aromatic heterocycles. The van der Waals surface area contributed by atoms with Crippen molar-refractivity contribution in [1.29, 1.82) is 0 Å². The fourth-order valence-corrected chi connectivity index (χ4v) is 2.28. The van der Waals surface area contributed by atoms with Crippen LogP contribution in [0.2, 0.25) is 0 Å². The Balaban J connectivity index is 2.39. The van der Waals surface area contributed by atoms with Gasteiger partial charge in [0.15, 0.2) is 0 Å². The van der Waals surface area contributed by atoms with Crippen LogP contribution in [0.15, 0.2) is 42.5 Å². The maximum Gasteiger partial charge on any atom is 0.128 e. The van der Waals surface area contributed by atoms with Gasteiger partial charge in [-0.15, -0.1) is 0 Å². The first-order valence-electron chi connectivity index (χ1n) is 6.90. The number of benzene rings is 2. The first kappa shape index (κ1) is 15.4. The zero-order valence-corrected chi connectivity index (χ0v) is 12.4. The van der Waals surface area contributed by atoms with Crippen molar-refractivity contribution in [1.82, 2.24) is 5.32 Å². The lowest BCUT2D eigenvalue weighted by Gasteiger charge is -2.19. The monoisotopic (exact) mass is 291 g/mol. The van der Waals surface area contributed by atoms with E-state index in [2.05, 4.69) is 5.32 Å². The minimum Gasteiger partial charge on any atom is -0.491 e. The van der Waals surface area contributed by atoms with Gasteiger partial charge in [-0.1, -0.05) is 12.1 Å². The summed E-state index contributed by atoms with van der Waals surface area (Å²) >= 11 is 0. The summed E-state index contributed by atoms with van der Waals surface area (Å²) in [5.74, 6) is -0.188. The van der Waals surface area contributed by atoms with Crippen LogP contribution >= 0.6 is 0 Å². The summed E-state index contributed by atoms with van der Waals surface area (Å²) in [5.41, 5.74) is 1.10. The van der Waals surface area contributed by atoms with Crippen LogP contribution in [0.5, 0.6) is 5.75 Å². The van der Waals surface area contributed by atoms with Gasteiger partial charge in [0.05, 0.1) is 12.1 Å². The maximum atomic E-state index is 14.0. The topological polar surface area (TPSA) is 21.3 Å². The van der Waals surface area contributed by atoms with Crippen molar-refractivity contribution in [3.8, 4) is 5.75 Å². The van der Waals surface area contributed by atoms with E-state index >= 15 is 0 Å². The molecule has 2 aromatic rings. The van der Waals surface area contributed by atoms with Gasteiger partial charge in [-0.2, -0.15) is 0 Å². The van der Waals surface area contributed by atoms with E-state index < -0.39 is 17.7 Å². The zero-order chi connectivity index (χ0) is 15.4. The van der Waals surface area contributed by atoms with Crippen molar-refractivity contribution in [2.75, 3.05) is 7.05 Å². The minimum absolute atomic E-state index is 0.0548. The minimum atomic E-state index is -0.457. The van der Waals surface area contributed by atoms with Gasteiger partial charge >= 0.3 is 0 Å². The molecule has 1 atom stereocenters. The highest BCUT2D eigenvalue weighted by atomic mass is 19.1. The van der Waals surface area contributed by atoms with Crippen molar-refractivity contribution < 1.29 is 13.5 Å². The number of hydrogen-bond acceptors (Lipinski definition) is 2. The second kappa shape index (κ2) is 6.68. The summed E-state index contributed by atoms with van der Waals surface area (Å²) in [4.78, 5) is 0. The summed E-state index contributed by atoms with van der Waals surface area (Å²) in [6.07, 6.45) is 0.0548. The molecule has 0 aliphatic rings. The van der Waals surface area contributed by atoms with Crippen LogP contribution in [-0.2, 0) is 0 Å². The lowest BCUT2D eigenvalue weighted by atomic mass is 9.98. The molecule has 0 amide bonds. The largest absolute Gasteiger partial charge is 0.491 e. The average molecular weight is 291 g/mol. The highest BCUT2D eigenvalue weighted by Gasteiger charge is 2.17. The Kier molecular flexibility index (Phi) is 4.91. The molecular formula is C17H19F2NO. The SMILES string of the molecule is CNC(c1cccc(OC(C)C)c1)c1cc(F)ccc1F. The maximum absolute atomic E-state index is 14.0. The molecule has 0 aliphatic heterocycles. The van der Waals surface area contributed by atoms with Gasteiger partial charge in [-0.3, -0.25) is 0 Å². The number of ether oxygens (including phenoxy) is 1. The number of rotatable bonds is 5. The van der Waals surface area contributed by atoms with Crippen LogP contribution < -0.4 is 10.1 Å². The molecule has 1 N–H and O–H groups in total. The summed E-state index contributed by atoms with van der Waals surface area (Å²) in [5, 5.41) is 3.02. The molecule has 0 bridgehead atoms. The highest BCUT2D eigenvalue weighted by molar-refractivity contribution is 5.37. The summed E-state index contributed by atoms with van der Waals surface area (Å²) in [7, 11) is 1.71. The van der Waals surface area contributed by atoms with Gasteiger partial charge in [0.2, 0.25) is 0 Å². The molecule has 112 valence electrons. The average Bonchev–Trinajstić information content (AvgIpc) is 2.43. The van der Waals surface area contributed by atoms with Gasteiger partial charge in [0.25, 0.3) is 0 Å². The van der Waals surface area contributed by atoms with Gasteiger partial charge < -0.3 is 10.1 Å². The number of halogens is 2. The molecular weight excluding hydrogens is 272 g/mol. The number of hydrogen-bond donors (Lipinski definition) is 1. The van der Waals surface area contributed by atoms with Crippen molar-refractivity contribution in [2.24, 2.45) is 0 Å². The normalized spacial score (nSPS) is 12.5. The third kappa shape index (κ3) is 3.79. The van der Waals surface area contributed by atoms with Gasteiger partial charge in [-0.05, 0) is 56.8 Å². The molecule has 1 unspecified atom stereocenters. The summed E-state index contributed by atoms with van der Waals surface area (Å²) in [6, 6.07) is 10.4. The Morgan fingerprint density at radius 3 is 2.48 bits per heavy atom. The lowest BCUT2D eigenvalue weighted by molar-refractivity contribution is 0.242. The fraction of sp³-hybridized carbons (Fsp3) is 0.294. The molecule has 0 spiro atoms. The van der Waals surface area contributed by atoms with Crippen molar-refractivity contribution in [3.63, 3.8) is 0 Å². The Morgan fingerprint density at radius 2 is 1.81 bits per heavy atom. The van der Waals surface area contributed by atoms with Crippen LogP contribution in [0.3, 0.4) is 0 Å². The van der Waals surface area contributed by atoms with Gasteiger partial charge in [-0.25, -0.2) is 8.78 Å². The van der Waals surface area contributed by atoms with E-state index in [1.54, 1.807) is 7.05 Å². The predicted octanol–water partition coefficient (Wildman–Crippen LogP) is 4.06. The first-order valence-corrected chi connectivity index (χ1v) is 6.90. The van der Waals surface area contributed by atoms with Crippen LogP contribution in [0.1, 0.15) is 31.0 Å². The lowest BCUT2D eigenvalue weighted by Crippen LogP contribution is -2.19. The standard InChI is InChI=1S/C17H19F2NO/c1-11(2)21-14-6-4-5-12(9-14)17(20-3)15-10-13(18)7-8-16(15)19/h4-11,17,20H,1-3H3. The van der Waals surface area contributed by atoms with Crippen LogP contribution in [0.4, 0.5) is 8.78 Å². The molecule has 0 heterocycles. The Labute approximate surface area is 123 Å². The summed E-state index contributed by atoms with van der Waals surface area (Å²) in [6.45, 7) is 3.88. The molecule has 2 nitrogen and oxygen atoms in total.